The monoisotopic (exact) mass is 412 g/mol. The zero-order valence-electron chi connectivity index (χ0n) is 13.5. The fraction of sp³-hybridized carbons (Fsp3) is 0.167. The molecule has 1 amide bonds. The first-order valence-electron chi connectivity index (χ1n) is 8.12. The molecule has 0 fully saturated rings. The van der Waals surface area contributed by atoms with Crippen molar-refractivity contribution in [1.82, 2.24) is 20.3 Å². The third-order valence-corrected chi connectivity index (χ3v) is 5.10. The standard InChI is InChI=1S/C18H13BrN4O3/c19-11-7-16-15(25-8-26-16)6-9(11)17-20-3-2-13(23-17)14-5-10-12(22-14)1-4-21-18(10)24/h2-3,5-7,22H,1,4,8H2,(H,21,24). The molecule has 0 radical (unpaired) electrons. The van der Waals surface area contributed by atoms with Crippen LogP contribution in [-0.2, 0) is 6.42 Å². The number of halogens is 1. The number of rotatable bonds is 2. The fourth-order valence-corrected chi connectivity index (χ4v) is 3.66. The van der Waals surface area contributed by atoms with E-state index in [4.69, 9.17) is 9.47 Å². The number of carbonyl (C=O) groups is 1. The lowest BCUT2D eigenvalue weighted by atomic mass is 10.1. The molecule has 0 aliphatic carbocycles. The first-order valence-corrected chi connectivity index (χ1v) is 8.91. The highest BCUT2D eigenvalue weighted by molar-refractivity contribution is 9.10. The van der Waals surface area contributed by atoms with Gasteiger partial charge in [-0.2, -0.15) is 0 Å². The highest BCUT2D eigenvalue weighted by atomic mass is 79.9. The van der Waals surface area contributed by atoms with Gasteiger partial charge in [0.25, 0.3) is 5.91 Å². The summed E-state index contributed by atoms with van der Waals surface area (Å²) < 4.78 is 11.7. The topological polar surface area (TPSA) is 89.1 Å². The van der Waals surface area contributed by atoms with Crippen molar-refractivity contribution < 1.29 is 14.3 Å². The number of carbonyl (C=O) groups excluding carboxylic acids is 1. The van der Waals surface area contributed by atoms with Crippen molar-refractivity contribution in [2.75, 3.05) is 13.3 Å². The molecule has 0 saturated carbocycles. The molecule has 3 aromatic rings. The average molecular weight is 413 g/mol. The molecule has 0 spiro atoms. The molecule has 26 heavy (non-hydrogen) atoms. The van der Waals surface area contributed by atoms with Crippen LogP contribution >= 0.6 is 15.9 Å². The Labute approximate surface area is 156 Å². The molecule has 0 bridgehead atoms. The summed E-state index contributed by atoms with van der Waals surface area (Å²) >= 11 is 3.55. The lowest BCUT2D eigenvalue weighted by Gasteiger charge is -2.10. The summed E-state index contributed by atoms with van der Waals surface area (Å²) in [6, 6.07) is 7.37. The van der Waals surface area contributed by atoms with E-state index in [0.29, 0.717) is 29.4 Å². The van der Waals surface area contributed by atoms with Gasteiger partial charge < -0.3 is 19.8 Å². The van der Waals surface area contributed by atoms with Crippen LogP contribution in [0.3, 0.4) is 0 Å². The van der Waals surface area contributed by atoms with Crippen molar-refractivity contribution in [3.8, 4) is 34.3 Å². The van der Waals surface area contributed by atoms with Crippen LogP contribution in [0.4, 0.5) is 0 Å². The van der Waals surface area contributed by atoms with E-state index in [-0.39, 0.29) is 12.7 Å². The summed E-state index contributed by atoms with van der Waals surface area (Å²) in [5, 5.41) is 2.85. The minimum Gasteiger partial charge on any atom is -0.454 e. The molecule has 1 aromatic carbocycles. The molecule has 0 atom stereocenters. The van der Waals surface area contributed by atoms with Gasteiger partial charge in [-0.1, -0.05) is 0 Å². The highest BCUT2D eigenvalue weighted by Gasteiger charge is 2.22. The van der Waals surface area contributed by atoms with Gasteiger partial charge in [0, 0.05) is 34.9 Å². The zero-order valence-corrected chi connectivity index (χ0v) is 15.1. The lowest BCUT2D eigenvalue weighted by molar-refractivity contribution is 0.0946. The molecule has 2 aromatic heterocycles. The smallest absolute Gasteiger partial charge is 0.253 e. The number of amides is 1. The quantitative estimate of drug-likeness (QED) is 0.675. The van der Waals surface area contributed by atoms with Gasteiger partial charge >= 0.3 is 0 Å². The summed E-state index contributed by atoms with van der Waals surface area (Å²) in [4.78, 5) is 24.3. The normalized spacial score (nSPS) is 14.9. The van der Waals surface area contributed by atoms with Gasteiger partial charge in [0.15, 0.2) is 17.3 Å². The average Bonchev–Trinajstić information content (AvgIpc) is 3.28. The van der Waals surface area contributed by atoms with Gasteiger partial charge in [0.2, 0.25) is 6.79 Å². The van der Waals surface area contributed by atoms with Gasteiger partial charge in [-0.15, -0.1) is 0 Å². The van der Waals surface area contributed by atoms with Crippen molar-refractivity contribution in [2.24, 2.45) is 0 Å². The number of nitrogens with one attached hydrogen (secondary N) is 2. The molecular weight excluding hydrogens is 400 g/mol. The predicted octanol–water partition coefficient (Wildman–Crippen LogP) is 2.92. The number of hydrogen-bond acceptors (Lipinski definition) is 5. The maximum atomic E-state index is 12.0. The van der Waals surface area contributed by atoms with Crippen LogP contribution in [0, 0.1) is 0 Å². The van der Waals surface area contributed by atoms with E-state index in [1.54, 1.807) is 6.20 Å². The molecule has 2 aliphatic rings. The molecule has 130 valence electrons. The van der Waals surface area contributed by atoms with Gasteiger partial charge in [0.1, 0.15) is 0 Å². The Balaban J connectivity index is 1.57. The van der Waals surface area contributed by atoms with Crippen molar-refractivity contribution in [1.29, 1.82) is 0 Å². The number of aromatic nitrogens is 3. The number of fused-ring (bicyclic) bond motifs is 2. The van der Waals surface area contributed by atoms with E-state index in [1.807, 2.05) is 24.3 Å². The number of ether oxygens (including phenoxy) is 2. The molecule has 2 N–H and O–H groups in total. The van der Waals surface area contributed by atoms with Crippen LogP contribution in [0.15, 0.2) is 34.9 Å². The number of aromatic amines is 1. The van der Waals surface area contributed by atoms with Crippen LogP contribution in [0.25, 0.3) is 22.8 Å². The molecule has 2 aliphatic heterocycles. The van der Waals surface area contributed by atoms with E-state index in [1.165, 1.54) is 0 Å². The van der Waals surface area contributed by atoms with Crippen LogP contribution in [0.2, 0.25) is 0 Å². The molecule has 0 unspecified atom stereocenters. The Morgan fingerprint density at radius 2 is 1.96 bits per heavy atom. The Morgan fingerprint density at radius 1 is 1.12 bits per heavy atom. The summed E-state index contributed by atoms with van der Waals surface area (Å²) in [6.07, 6.45) is 2.49. The maximum absolute atomic E-state index is 12.0. The number of hydrogen-bond donors (Lipinski definition) is 2. The lowest BCUT2D eigenvalue weighted by Crippen LogP contribution is -2.31. The first-order chi connectivity index (χ1) is 12.7. The zero-order chi connectivity index (χ0) is 17.7. The third-order valence-electron chi connectivity index (χ3n) is 4.44. The minimum absolute atomic E-state index is 0.0541. The van der Waals surface area contributed by atoms with Crippen LogP contribution in [0.1, 0.15) is 16.1 Å². The van der Waals surface area contributed by atoms with Crippen LogP contribution in [-0.4, -0.2) is 34.2 Å². The highest BCUT2D eigenvalue weighted by Crippen LogP contribution is 2.40. The molecule has 7 nitrogen and oxygen atoms in total. The summed E-state index contributed by atoms with van der Waals surface area (Å²) in [6.45, 7) is 0.854. The van der Waals surface area contributed by atoms with Crippen LogP contribution in [0.5, 0.6) is 11.5 Å². The first kappa shape index (κ1) is 15.4. The maximum Gasteiger partial charge on any atom is 0.253 e. The van der Waals surface area contributed by atoms with E-state index >= 15 is 0 Å². The molecular formula is C18H13BrN4O3. The minimum atomic E-state index is -0.0541. The van der Waals surface area contributed by atoms with Gasteiger partial charge in [-0.05, 0) is 40.2 Å². The second kappa shape index (κ2) is 5.84. The predicted molar refractivity (Wildman–Crippen MR) is 97.1 cm³/mol. The fourth-order valence-electron chi connectivity index (χ4n) is 3.16. The number of benzene rings is 1. The second-order valence-electron chi connectivity index (χ2n) is 6.03. The summed E-state index contributed by atoms with van der Waals surface area (Å²) in [7, 11) is 0. The van der Waals surface area contributed by atoms with E-state index < -0.39 is 0 Å². The van der Waals surface area contributed by atoms with Crippen LogP contribution < -0.4 is 14.8 Å². The molecule has 8 heteroatoms. The SMILES string of the molecule is O=C1NCCc2[nH]c(-c3ccnc(-c4cc5c(cc4Br)OCO5)n3)cc21. The Hall–Kier alpha value is -2.87. The Morgan fingerprint density at radius 3 is 2.81 bits per heavy atom. The number of nitrogens with zero attached hydrogens (tertiary/aromatic N) is 2. The van der Waals surface area contributed by atoms with Gasteiger partial charge in [-0.3, -0.25) is 4.79 Å². The van der Waals surface area contributed by atoms with Gasteiger partial charge in [0.05, 0.1) is 17.0 Å². The van der Waals surface area contributed by atoms with Crippen molar-refractivity contribution in [3.05, 3.63) is 46.2 Å². The van der Waals surface area contributed by atoms with Gasteiger partial charge in [-0.25, -0.2) is 9.97 Å². The number of H-pyrrole nitrogens is 1. The summed E-state index contributed by atoms with van der Waals surface area (Å²) in [5.41, 5.74) is 3.95. The van der Waals surface area contributed by atoms with Crippen molar-refractivity contribution >= 4 is 21.8 Å². The van der Waals surface area contributed by atoms with Crippen molar-refractivity contribution in [3.63, 3.8) is 0 Å². The second-order valence-corrected chi connectivity index (χ2v) is 6.89. The molecule has 4 heterocycles. The summed E-state index contributed by atoms with van der Waals surface area (Å²) in [5.74, 6) is 1.87. The Bertz CT molecular complexity index is 1050. The largest absolute Gasteiger partial charge is 0.454 e. The van der Waals surface area contributed by atoms with E-state index in [0.717, 1.165) is 33.5 Å². The van der Waals surface area contributed by atoms with Crippen molar-refractivity contribution in [2.45, 2.75) is 6.42 Å². The van der Waals surface area contributed by atoms with E-state index in [2.05, 4.69) is 36.2 Å². The van der Waals surface area contributed by atoms with E-state index in [9.17, 15) is 4.79 Å². The third kappa shape index (κ3) is 2.45. The Kier molecular flexibility index (Phi) is 3.46. The molecule has 0 saturated heterocycles. The molecule has 5 rings (SSSR count).